The van der Waals surface area contributed by atoms with Gasteiger partial charge in [-0.25, -0.2) is 4.98 Å². The lowest BCUT2D eigenvalue weighted by molar-refractivity contribution is -0.117. The topological polar surface area (TPSA) is 93.4 Å². The van der Waals surface area contributed by atoms with Crippen molar-refractivity contribution in [1.29, 1.82) is 0 Å². The number of aromatic amines is 1. The van der Waals surface area contributed by atoms with E-state index in [0.29, 0.717) is 24.2 Å². The van der Waals surface area contributed by atoms with E-state index in [1.54, 1.807) is 12.5 Å². The number of nitrogens with one attached hydrogen (secondary N) is 3. The molecule has 1 saturated heterocycles. The summed E-state index contributed by atoms with van der Waals surface area (Å²) < 4.78 is 0. The molecule has 2 aliphatic rings. The summed E-state index contributed by atoms with van der Waals surface area (Å²) in [4.78, 5) is 37.2. The lowest BCUT2D eigenvalue weighted by Gasteiger charge is -2.38. The normalized spacial score (nSPS) is 15.7. The molecule has 3 N–H and O–H groups in total. The van der Waals surface area contributed by atoms with Gasteiger partial charge in [-0.2, -0.15) is 0 Å². The first kappa shape index (κ1) is 23.0. The van der Waals surface area contributed by atoms with Gasteiger partial charge >= 0.3 is 0 Å². The van der Waals surface area contributed by atoms with E-state index >= 15 is 0 Å². The summed E-state index contributed by atoms with van der Waals surface area (Å²) in [6, 6.07) is 14.1. The van der Waals surface area contributed by atoms with E-state index in [2.05, 4.69) is 61.6 Å². The Bertz CT molecular complexity index is 1180. The molecule has 0 atom stereocenters. The van der Waals surface area contributed by atoms with E-state index in [0.717, 1.165) is 50.4 Å². The van der Waals surface area contributed by atoms with Crippen molar-refractivity contribution in [3.05, 3.63) is 71.8 Å². The van der Waals surface area contributed by atoms with Crippen LogP contribution in [0.2, 0.25) is 0 Å². The molecule has 0 spiro atoms. The fourth-order valence-corrected chi connectivity index (χ4v) is 4.57. The predicted octanol–water partition coefficient (Wildman–Crippen LogP) is 3.37. The van der Waals surface area contributed by atoms with E-state index in [9.17, 15) is 9.59 Å². The number of nitrogens with zero attached hydrogens (tertiary/aromatic N) is 3. The van der Waals surface area contributed by atoms with Gasteiger partial charge in [0.1, 0.15) is 0 Å². The van der Waals surface area contributed by atoms with Crippen LogP contribution in [0.4, 0.5) is 17.1 Å². The van der Waals surface area contributed by atoms with Gasteiger partial charge in [0.25, 0.3) is 5.91 Å². The molecule has 2 heterocycles. The average molecular weight is 473 g/mol. The van der Waals surface area contributed by atoms with E-state index < -0.39 is 0 Å². The van der Waals surface area contributed by atoms with Crippen LogP contribution in [0.1, 0.15) is 34.5 Å². The number of anilines is 3. The third-order valence-electron chi connectivity index (χ3n) is 6.78. The van der Waals surface area contributed by atoms with Gasteiger partial charge in [0.2, 0.25) is 5.91 Å². The van der Waals surface area contributed by atoms with Crippen molar-refractivity contribution in [2.75, 3.05) is 47.8 Å². The maximum Gasteiger partial charge on any atom is 0.251 e. The number of piperazine rings is 1. The third-order valence-corrected chi connectivity index (χ3v) is 6.78. The van der Waals surface area contributed by atoms with Crippen molar-refractivity contribution < 1.29 is 9.59 Å². The lowest BCUT2D eigenvalue weighted by atomic mass is 10.1. The highest BCUT2D eigenvalue weighted by atomic mass is 16.2. The number of para-hydroxylation sites is 1. The van der Waals surface area contributed by atoms with Gasteiger partial charge in [-0.3, -0.25) is 9.59 Å². The number of imidazole rings is 1. The monoisotopic (exact) mass is 472 g/mol. The lowest BCUT2D eigenvalue weighted by Crippen LogP contribution is -2.47. The van der Waals surface area contributed by atoms with Crippen molar-refractivity contribution in [2.24, 2.45) is 5.92 Å². The van der Waals surface area contributed by atoms with E-state index in [1.807, 2.05) is 18.2 Å². The van der Waals surface area contributed by atoms with Gasteiger partial charge in [-0.05, 0) is 49.6 Å². The summed E-state index contributed by atoms with van der Waals surface area (Å²) in [6.45, 7) is 6.14. The minimum atomic E-state index is -0.151. The maximum absolute atomic E-state index is 12.8. The molecule has 35 heavy (non-hydrogen) atoms. The van der Waals surface area contributed by atoms with Crippen LogP contribution < -0.4 is 20.4 Å². The second kappa shape index (κ2) is 10.2. The maximum atomic E-state index is 12.8. The van der Waals surface area contributed by atoms with Crippen LogP contribution >= 0.6 is 0 Å². The molecule has 0 unspecified atom stereocenters. The van der Waals surface area contributed by atoms with Gasteiger partial charge in [0.05, 0.1) is 17.7 Å². The number of carbonyl (C=O) groups excluding carboxylic acids is 2. The number of hydrogen-bond acceptors (Lipinski definition) is 5. The Morgan fingerprint density at radius 1 is 1.03 bits per heavy atom. The van der Waals surface area contributed by atoms with Gasteiger partial charge in [0.15, 0.2) is 0 Å². The van der Waals surface area contributed by atoms with E-state index in [4.69, 9.17) is 0 Å². The Morgan fingerprint density at radius 3 is 2.46 bits per heavy atom. The number of hydrogen-bond donors (Lipinski definition) is 3. The number of aromatic nitrogens is 2. The van der Waals surface area contributed by atoms with E-state index in [1.165, 1.54) is 11.3 Å². The number of rotatable bonds is 8. The van der Waals surface area contributed by atoms with Gasteiger partial charge < -0.3 is 25.4 Å². The molecule has 8 heteroatoms. The van der Waals surface area contributed by atoms with Gasteiger partial charge in [0, 0.05) is 68.2 Å². The predicted molar refractivity (Wildman–Crippen MR) is 138 cm³/mol. The Balaban J connectivity index is 1.28. The highest BCUT2D eigenvalue weighted by molar-refractivity contribution is 6.01. The fourth-order valence-electron chi connectivity index (χ4n) is 4.57. The van der Waals surface area contributed by atoms with Crippen molar-refractivity contribution in [3.8, 4) is 0 Å². The summed E-state index contributed by atoms with van der Waals surface area (Å²) in [6.07, 6.45) is 5.94. The van der Waals surface area contributed by atoms with Gasteiger partial charge in [-0.1, -0.05) is 18.2 Å². The first-order chi connectivity index (χ1) is 17.1. The zero-order valence-corrected chi connectivity index (χ0v) is 20.1. The van der Waals surface area contributed by atoms with Crippen molar-refractivity contribution >= 4 is 28.9 Å². The zero-order chi connectivity index (χ0) is 24.2. The van der Waals surface area contributed by atoms with Crippen molar-refractivity contribution in [1.82, 2.24) is 15.3 Å². The van der Waals surface area contributed by atoms with Crippen LogP contribution in [0.5, 0.6) is 0 Å². The summed E-state index contributed by atoms with van der Waals surface area (Å²) in [7, 11) is 0. The SMILES string of the molecule is Cc1ccccc1N1CCN(c2ccc(C(=O)NCCc3cnc[nH]3)cc2NC(=O)C2CC2)CC1. The average Bonchev–Trinajstić information content (AvgIpc) is 3.61. The molecule has 2 fully saturated rings. The van der Waals surface area contributed by atoms with Crippen LogP contribution in [0.15, 0.2) is 55.0 Å². The number of benzene rings is 2. The van der Waals surface area contributed by atoms with Crippen LogP contribution in [-0.2, 0) is 11.2 Å². The number of aryl methyl sites for hydroxylation is 1. The highest BCUT2D eigenvalue weighted by Gasteiger charge is 2.31. The Morgan fingerprint density at radius 2 is 1.77 bits per heavy atom. The standard InChI is InChI=1S/C27H32N6O2/c1-19-4-2-3-5-24(19)32-12-14-33(15-13-32)25-9-8-21(16-23(25)31-27(35)20-6-7-20)26(34)29-11-10-22-17-28-18-30-22/h2-5,8-9,16-18,20H,6-7,10-15H2,1H3,(H,28,30)(H,29,34)(H,31,35). The molecule has 2 amide bonds. The summed E-state index contributed by atoms with van der Waals surface area (Å²) >= 11 is 0. The fraction of sp³-hybridized carbons (Fsp3) is 0.370. The minimum absolute atomic E-state index is 0.0431. The zero-order valence-electron chi connectivity index (χ0n) is 20.1. The molecule has 1 saturated carbocycles. The summed E-state index contributed by atoms with van der Waals surface area (Å²) in [5.41, 5.74) is 5.76. The smallest absolute Gasteiger partial charge is 0.251 e. The third kappa shape index (κ3) is 5.48. The molecule has 182 valence electrons. The van der Waals surface area contributed by atoms with Crippen LogP contribution in [0.25, 0.3) is 0 Å². The molecule has 8 nitrogen and oxygen atoms in total. The molecular weight excluding hydrogens is 440 g/mol. The molecular formula is C27H32N6O2. The first-order valence-corrected chi connectivity index (χ1v) is 12.3. The molecule has 1 aliphatic carbocycles. The van der Waals surface area contributed by atoms with Crippen LogP contribution in [-0.4, -0.2) is 54.5 Å². The Kier molecular flexibility index (Phi) is 6.70. The Hall–Kier alpha value is -3.81. The number of H-pyrrole nitrogens is 1. The summed E-state index contributed by atoms with van der Waals surface area (Å²) in [5, 5.41) is 6.07. The molecule has 1 aromatic heterocycles. The summed E-state index contributed by atoms with van der Waals surface area (Å²) in [5.74, 6) is -0.0170. The largest absolute Gasteiger partial charge is 0.368 e. The van der Waals surface area contributed by atoms with E-state index in [-0.39, 0.29) is 17.7 Å². The highest BCUT2D eigenvalue weighted by Crippen LogP contribution is 2.34. The van der Waals surface area contributed by atoms with Crippen LogP contribution in [0.3, 0.4) is 0 Å². The molecule has 5 rings (SSSR count). The number of amides is 2. The quantitative estimate of drug-likeness (QED) is 0.468. The van der Waals surface area contributed by atoms with Crippen molar-refractivity contribution in [3.63, 3.8) is 0 Å². The first-order valence-electron chi connectivity index (χ1n) is 12.3. The molecule has 3 aromatic rings. The number of carbonyl (C=O) groups is 2. The van der Waals surface area contributed by atoms with Crippen molar-refractivity contribution in [2.45, 2.75) is 26.2 Å². The molecule has 0 radical (unpaired) electrons. The molecule has 0 bridgehead atoms. The second-order valence-electron chi connectivity index (χ2n) is 9.34. The molecule has 2 aromatic carbocycles. The van der Waals surface area contributed by atoms with Gasteiger partial charge in [-0.15, -0.1) is 0 Å². The molecule has 1 aliphatic heterocycles. The Labute approximate surface area is 205 Å². The van der Waals surface area contributed by atoms with Crippen LogP contribution in [0, 0.1) is 12.8 Å². The second-order valence-corrected chi connectivity index (χ2v) is 9.34. The minimum Gasteiger partial charge on any atom is -0.368 e.